The third-order valence-electron chi connectivity index (χ3n) is 4.48. The van der Waals surface area contributed by atoms with Crippen LogP contribution in [0.5, 0.6) is 0 Å². The summed E-state index contributed by atoms with van der Waals surface area (Å²) in [5.41, 5.74) is 2.11. The van der Waals surface area contributed by atoms with Gasteiger partial charge in [0, 0.05) is 12.6 Å². The van der Waals surface area contributed by atoms with Gasteiger partial charge in [0.1, 0.15) is 0 Å². The van der Waals surface area contributed by atoms with Gasteiger partial charge in [-0.15, -0.1) is 0 Å². The summed E-state index contributed by atoms with van der Waals surface area (Å²) < 4.78 is 0. The lowest BCUT2D eigenvalue weighted by molar-refractivity contribution is 0.211. The summed E-state index contributed by atoms with van der Waals surface area (Å²) in [6.45, 7) is 1.24. The molecule has 1 spiro atoms. The maximum atomic E-state index is 3.73. The quantitative estimate of drug-likeness (QED) is 0.753. The van der Waals surface area contributed by atoms with Crippen molar-refractivity contribution in [2.24, 2.45) is 5.41 Å². The van der Waals surface area contributed by atoms with Crippen LogP contribution in [0.3, 0.4) is 0 Å². The van der Waals surface area contributed by atoms with Crippen LogP contribution in [0, 0.1) is 5.41 Å². The Morgan fingerprint density at radius 2 is 1.75 bits per heavy atom. The van der Waals surface area contributed by atoms with Crippen LogP contribution >= 0.6 is 0 Å². The van der Waals surface area contributed by atoms with Crippen LogP contribution in [-0.2, 0) is 0 Å². The van der Waals surface area contributed by atoms with Crippen LogP contribution in [0.15, 0.2) is 30.3 Å². The van der Waals surface area contributed by atoms with Gasteiger partial charge in [-0.05, 0) is 30.2 Å². The van der Waals surface area contributed by atoms with Crippen LogP contribution in [-0.4, -0.2) is 6.54 Å². The van der Waals surface area contributed by atoms with Crippen molar-refractivity contribution in [1.82, 2.24) is 5.32 Å². The van der Waals surface area contributed by atoms with Gasteiger partial charge in [0.25, 0.3) is 0 Å². The van der Waals surface area contributed by atoms with Crippen LogP contribution < -0.4 is 5.32 Å². The van der Waals surface area contributed by atoms with Gasteiger partial charge in [0.2, 0.25) is 0 Å². The molecule has 2 fully saturated rings. The zero-order valence-corrected chi connectivity index (χ0v) is 9.91. The predicted octanol–water partition coefficient (Wildman–Crippen LogP) is 3.67. The first-order chi connectivity index (χ1) is 7.88. The normalized spacial score (nSPS) is 28.4. The van der Waals surface area contributed by atoms with E-state index in [0.29, 0.717) is 11.5 Å². The highest BCUT2D eigenvalue weighted by Gasteiger charge is 2.39. The van der Waals surface area contributed by atoms with E-state index < -0.39 is 0 Å². The maximum Gasteiger partial charge on any atom is 0.0326 e. The van der Waals surface area contributed by atoms with E-state index in [1.54, 1.807) is 0 Å². The zero-order valence-electron chi connectivity index (χ0n) is 9.91. The molecule has 0 unspecified atom stereocenters. The molecular weight excluding hydrogens is 194 g/mol. The summed E-state index contributed by atoms with van der Waals surface area (Å²) in [5, 5.41) is 3.73. The lowest BCUT2D eigenvalue weighted by Crippen LogP contribution is -2.26. The molecule has 86 valence electrons. The van der Waals surface area contributed by atoms with Gasteiger partial charge in [0.15, 0.2) is 0 Å². The molecular formula is C15H21N. The van der Waals surface area contributed by atoms with Crippen molar-refractivity contribution in [1.29, 1.82) is 0 Å². The summed E-state index contributed by atoms with van der Waals surface area (Å²) in [4.78, 5) is 0. The molecule has 0 amide bonds. The van der Waals surface area contributed by atoms with Crippen molar-refractivity contribution in [3.63, 3.8) is 0 Å². The summed E-state index contributed by atoms with van der Waals surface area (Å²) >= 11 is 0. The van der Waals surface area contributed by atoms with E-state index in [0.717, 1.165) is 0 Å². The summed E-state index contributed by atoms with van der Waals surface area (Å²) in [6.07, 6.45) is 8.60. The smallest absolute Gasteiger partial charge is 0.0326 e. The molecule has 1 nitrogen and oxygen atoms in total. The van der Waals surface area contributed by atoms with Crippen LogP contribution in [0.1, 0.15) is 50.1 Å². The fraction of sp³-hybridized carbons (Fsp3) is 0.600. The second-order valence-electron chi connectivity index (χ2n) is 5.61. The van der Waals surface area contributed by atoms with E-state index in [-0.39, 0.29) is 0 Å². The molecule has 1 aromatic rings. The second-order valence-corrected chi connectivity index (χ2v) is 5.61. The summed E-state index contributed by atoms with van der Waals surface area (Å²) in [7, 11) is 0. The van der Waals surface area contributed by atoms with Gasteiger partial charge in [-0.3, -0.25) is 0 Å². The van der Waals surface area contributed by atoms with Gasteiger partial charge < -0.3 is 5.32 Å². The van der Waals surface area contributed by atoms with E-state index >= 15 is 0 Å². The van der Waals surface area contributed by atoms with Crippen molar-refractivity contribution in [3.8, 4) is 0 Å². The second kappa shape index (κ2) is 4.21. The molecule has 0 radical (unpaired) electrons. The van der Waals surface area contributed by atoms with Crippen molar-refractivity contribution in [2.75, 3.05) is 6.54 Å². The fourth-order valence-corrected chi connectivity index (χ4v) is 3.52. The Morgan fingerprint density at radius 1 is 1.00 bits per heavy atom. The van der Waals surface area contributed by atoms with Gasteiger partial charge in [0.05, 0.1) is 0 Å². The maximum absolute atomic E-state index is 3.73. The Labute approximate surface area is 98.3 Å². The van der Waals surface area contributed by atoms with Crippen molar-refractivity contribution < 1.29 is 0 Å². The first-order valence-electron chi connectivity index (χ1n) is 6.66. The van der Waals surface area contributed by atoms with E-state index in [9.17, 15) is 0 Å². The Hall–Kier alpha value is -0.820. The molecule has 0 aromatic heterocycles. The largest absolute Gasteiger partial charge is 0.309 e. The molecule has 1 saturated heterocycles. The van der Waals surface area contributed by atoms with Crippen LogP contribution in [0.4, 0.5) is 0 Å². The molecule has 1 saturated carbocycles. The van der Waals surface area contributed by atoms with Crippen LogP contribution in [0.25, 0.3) is 0 Å². The molecule has 2 aliphatic rings. The number of hydrogen-bond acceptors (Lipinski definition) is 1. The number of benzene rings is 1. The first kappa shape index (κ1) is 10.3. The Kier molecular flexibility index (Phi) is 2.72. The molecule has 1 aliphatic carbocycles. The minimum Gasteiger partial charge on any atom is -0.309 e. The molecule has 1 atom stereocenters. The SMILES string of the molecule is c1ccc([C@H]2CC3(CCCCC3)CN2)cc1. The van der Waals surface area contributed by atoms with E-state index in [1.807, 2.05) is 0 Å². The third kappa shape index (κ3) is 1.89. The van der Waals surface area contributed by atoms with Crippen molar-refractivity contribution in [3.05, 3.63) is 35.9 Å². The lowest BCUT2D eigenvalue weighted by Gasteiger charge is -2.32. The average Bonchev–Trinajstić information content (AvgIpc) is 2.75. The number of rotatable bonds is 1. The molecule has 16 heavy (non-hydrogen) atoms. The molecule has 1 heteroatoms. The van der Waals surface area contributed by atoms with E-state index in [2.05, 4.69) is 35.6 Å². The Morgan fingerprint density at radius 3 is 2.50 bits per heavy atom. The van der Waals surface area contributed by atoms with Crippen LogP contribution in [0.2, 0.25) is 0 Å². The average molecular weight is 215 g/mol. The topological polar surface area (TPSA) is 12.0 Å². The highest BCUT2D eigenvalue weighted by atomic mass is 15.0. The zero-order chi connectivity index (χ0) is 10.8. The van der Waals surface area contributed by atoms with Gasteiger partial charge in [-0.1, -0.05) is 49.6 Å². The molecule has 1 N–H and O–H groups in total. The third-order valence-corrected chi connectivity index (χ3v) is 4.48. The minimum absolute atomic E-state index is 0.610. The lowest BCUT2D eigenvalue weighted by atomic mass is 9.72. The summed E-state index contributed by atoms with van der Waals surface area (Å²) in [6, 6.07) is 11.6. The van der Waals surface area contributed by atoms with E-state index in [1.165, 1.54) is 50.6 Å². The highest BCUT2D eigenvalue weighted by molar-refractivity contribution is 5.21. The predicted molar refractivity (Wildman–Crippen MR) is 67.3 cm³/mol. The minimum atomic E-state index is 0.610. The van der Waals surface area contributed by atoms with Crippen molar-refractivity contribution >= 4 is 0 Å². The van der Waals surface area contributed by atoms with Gasteiger partial charge in [-0.2, -0.15) is 0 Å². The molecule has 1 heterocycles. The number of nitrogens with one attached hydrogen (secondary N) is 1. The van der Waals surface area contributed by atoms with Gasteiger partial charge in [-0.25, -0.2) is 0 Å². The molecule has 3 rings (SSSR count). The standard InChI is InChI=1S/C15H21N/c1-3-7-13(8-4-1)14-11-15(12-16-14)9-5-2-6-10-15/h1,3-4,7-8,14,16H,2,5-6,9-12H2/t14-/m1/s1. The van der Waals surface area contributed by atoms with Crippen molar-refractivity contribution in [2.45, 2.75) is 44.6 Å². The highest BCUT2D eigenvalue weighted by Crippen LogP contribution is 2.46. The molecule has 1 aliphatic heterocycles. The molecule has 0 bridgehead atoms. The van der Waals surface area contributed by atoms with E-state index in [4.69, 9.17) is 0 Å². The fourth-order valence-electron chi connectivity index (χ4n) is 3.52. The summed E-state index contributed by atoms with van der Waals surface area (Å²) in [5.74, 6) is 0. The number of hydrogen-bond donors (Lipinski definition) is 1. The molecule has 1 aromatic carbocycles. The first-order valence-corrected chi connectivity index (χ1v) is 6.66. The Bertz CT molecular complexity index is 338. The van der Waals surface area contributed by atoms with Gasteiger partial charge >= 0.3 is 0 Å². The Balaban J connectivity index is 1.73. The monoisotopic (exact) mass is 215 g/mol.